The molecule has 32 heavy (non-hydrogen) atoms. The van der Waals surface area contributed by atoms with Gasteiger partial charge >= 0.3 is 0 Å². The fourth-order valence-electron chi connectivity index (χ4n) is 3.33. The van der Waals surface area contributed by atoms with Gasteiger partial charge < -0.3 is 19.2 Å². The van der Waals surface area contributed by atoms with E-state index in [0.717, 1.165) is 24.8 Å². The molecular weight excluding hydrogens is 456 g/mol. The first-order chi connectivity index (χ1) is 15.4. The molecule has 1 aliphatic rings. The predicted octanol–water partition coefficient (Wildman–Crippen LogP) is 3.91. The third-order valence-corrected chi connectivity index (χ3v) is 6.61. The van der Waals surface area contributed by atoms with Crippen molar-refractivity contribution in [2.75, 3.05) is 26.3 Å². The van der Waals surface area contributed by atoms with Crippen molar-refractivity contribution in [1.82, 2.24) is 10.0 Å². The molecule has 1 aliphatic carbocycles. The lowest BCUT2D eigenvalue weighted by molar-refractivity contribution is -0.118. The van der Waals surface area contributed by atoms with Crippen molar-refractivity contribution in [2.24, 2.45) is 0 Å². The molecule has 0 spiro atoms. The van der Waals surface area contributed by atoms with Crippen LogP contribution in [0, 0.1) is 0 Å². The highest BCUT2D eigenvalue weighted by atomic mass is 35.5. The first-order valence-electron chi connectivity index (χ1n) is 10.3. The lowest BCUT2D eigenvalue weighted by Crippen LogP contribution is -2.26. The molecule has 1 aromatic heterocycles. The Hall–Kier alpha value is -2.33. The smallest absolute Gasteiger partial charge is 0.243 e. The average Bonchev–Trinajstić information content (AvgIpc) is 3.42. The maximum absolute atomic E-state index is 12.9. The van der Waals surface area contributed by atoms with Gasteiger partial charge in [0.1, 0.15) is 18.4 Å². The molecule has 0 fully saturated rings. The maximum Gasteiger partial charge on any atom is 0.243 e. The Balaban J connectivity index is 1.85. The fraction of sp³-hybridized carbons (Fsp3) is 0.409. The Morgan fingerprint density at radius 2 is 2.09 bits per heavy atom. The van der Waals surface area contributed by atoms with Crippen LogP contribution in [0.2, 0.25) is 0 Å². The number of halogens is 1. The van der Waals surface area contributed by atoms with Crippen LogP contribution in [-0.4, -0.2) is 40.7 Å². The van der Waals surface area contributed by atoms with Crippen molar-refractivity contribution in [3.63, 3.8) is 0 Å². The van der Waals surface area contributed by atoms with E-state index in [9.17, 15) is 13.2 Å². The van der Waals surface area contributed by atoms with E-state index in [4.69, 9.17) is 25.5 Å². The number of amides is 1. The lowest BCUT2D eigenvalue weighted by Gasteiger charge is -2.09. The minimum absolute atomic E-state index is 0.0682. The van der Waals surface area contributed by atoms with E-state index in [1.54, 1.807) is 18.2 Å². The highest BCUT2D eigenvalue weighted by Crippen LogP contribution is 2.37. The summed E-state index contributed by atoms with van der Waals surface area (Å²) in [6.07, 6.45) is 7.13. The quantitative estimate of drug-likeness (QED) is 0.270. The number of hydrogen-bond donors (Lipinski definition) is 2. The molecule has 1 heterocycles. The van der Waals surface area contributed by atoms with Gasteiger partial charge in [0.2, 0.25) is 15.9 Å². The number of methoxy groups -OCH3 is 1. The predicted molar refractivity (Wildman–Crippen MR) is 123 cm³/mol. The second-order valence-electron chi connectivity index (χ2n) is 7.24. The zero-order valence-electron chi connectivity index (χ0n) is 18.1. The molecule has 174 valence electrons. The number of allylic oxidation sites excluding steroid dienone is 3. The normalized spacial score (nSPS) is 13.8. The van der Waals surface area contributed by atoms with Gasteiger partial charge in [-0.2, -0.15) is 4.72 Å². The van der Waals surface area contributed by atoms with Crippen LogP contribution in [0.3, 0.4) is 0 Å². The van der Waals surface area contributed by atoms with E-state index >= 15 is 0 Å². The zero-order valence-corrected chi connectivity index (χ0v) is 19.6. The van der Waals surface area contributed by atoms with Crippen LogP contribution < -0.4 is 14.8 Å². The van der Waals surface area contributed by atoms with Gasteiger partial charge in [-0.15, -0.1) is 11.6 Å². The SMILES string of the molecule is CCCCCOCNS(=O)(=O)c1ccc(OC)c2oc(C3=CCC(NC(=O)CCl)=C3)cc12. The molecule has 10 heteroatoms. The summed E-state index contributed by atoms with van der Waals surface area (Å²) in [6, 6.07) is 4.69. The third-order valence-electron chi connectivity index (χ3n) is 4.94. The van der Waals surface area contributed by atoms with Gasteiger partial charge in [-0.25, -0.2) is 8.42 Å². The molecule has 0 saturated heterocycles. The molecule has 1 amide bonds. The maximum atomic E-state index is 12.9. The highest BCUT2D eigenvalue weighted by Gasteiger charge is 2.23. The van der Waals surface area contributed by atoms with E-state index in [-0.39, 0.29) is 23.4 Å². The summed E-state index contributed by atoms with van der Waals surface area (Å²) in [4.78, 5) is 11.6. The third kappa shape index (κ3) is 5.72. The Labute approximate surface area is 192 Å². The van der Waals surface area contributed by atoms with Crippen molar-refractivity contribution in [3.8, 4) is 5.75 Å². The number of nitrogens with one attached hydrogen (secondary N) is 2. The minimum atomic E-state index is -3.84. The van der Waals surface area contributed by atoms with Gasteiger partial charge in [0.15, 0.2) is 11.3 Å². The molecule has 8 nitrogen and oxygen atoms in total. The molecular formula is C22H27ClN2O6S. The van der Waals surface area contributed by atoms with Crippen molar-refractivity contribution < 1.29 is 27.1 Å². The van der Waals surface area contributed by atoms with Crippen LogP contribution in [-0.2, 0) is 19.6 Å². The van der Waals surface area contributed by atoms with E-state index in [2.05, 4.69) is 17.0 Å². The summed E-state index contributed by atoms with van der Waals surface area (Å²) in [7, 11) is -2.35. The number of hydrogen-bond acceptors (Lipinski definition) is 6. The van der Waals surface area contributed by atoms with Crippen LogP contribution in [0.4, 0.5) is 0 Å². The van der Waals surface area contributed by atoms with E-state index < -0.39 is 10.0 Å². The molecule has 2 aromatic rings. The largest absolute Gasteiger partial charge is 0.493 e. The molecule has 3 rings (SSSR count). The Kier molecular flexibility index (Phi) is 8.36. The average molecular weight is 483 g/mol. The molecule has 1 aromatic carbocycles. The number of alkyl halides is 1. The van der Waals surface area contributed by atoms with Crippen molar-refractivity contribution in [2.45, 2.75) is 37.5 Å². The number of ether oxygens (including phenoxy) is 2. The summed E-state index contributed by atoms with van der Waals surface area (Å²) in [6.45, 7) is 2.47. The van der Waals surface area contributed by atoms with E-state index in [1.807, 2.05) is 6.08 Å². The standard InChI is InChI=1S/C22H27ClN2O6S/c1-3-4-5-10-30-14-24-32(27,28)20-9-8-18(29-2)22-17(20)12-19(31-22)15-6-7-16(11-15)25-21(26)13-23/h6,8-9,11-12,24H,3-5,7,10,13-14H2,1-2H3,(H,25,26). The van der Waals surface area contributed by atoms with Crippen molar-refractivity contribution in [3.05, 3.63) is 41.8 Å². The van der Waals surface area contributed by atoms with Crippen LogP contribution in [0.25, 0.3) is 16.5 Å². The second kappa shape index (κ2) is 11.0. The number of fused-ring (bicyclic) bond motifs is 1. The van der Waals surface area contributed by atoms with Crippen LogP contribution in [0.5, 0.6) is 5.75 Å². The van der Waals surface area contributed by atoms with Gasteiger partial charge in [-0.05, 0) is 30.7 Å². The Morgan fingerprint density at radius 3 is 2.81 bits per heavy atom. The first-order valence-corrected chi connectivity index (χ1v) is 12.4. The number of carbonyl (C=O) groups is 1. The summed E-state index contributed by atoms with van der Waals surface area (Å²) in [5.41, 5.74) is 1.73. The highest BCUT2D eigenvalue weighted by molar-refractivity contribution is 7.89. The number of furan rings is 1. The van der Waals surface area contributed by atoms with Gasteiger partial charge in [-0.1, -0.05) is 25.8 Å². The molecule has 0 saturated carbocycles. The number of carbonyl (C=O) groups excluding carboxylic acids is 1. The molecule has 2 N–H and O–H groups in total. The molecule has 0 bridgehead atoms. The number of unbranched alkanes of at least 4 members (excludes halogenated alkanes) is 2. The minimum Gasteiger partial charge on any atom is -0.493 e. The summed E-state index contributed by atoms with van der Waals surface area (Å²) < 4.78 is 45.0. The van der Waals surface area contributed by atoms with Crippen LogP contribution in [0.15, 0.2) is 45.4 Å². The summed E-state index contributed by atoms with van der Waals surface area (Å²) in [5, 5.41) is 3.11. The number of sulfonamides is 1. The topological polar surface area (TPSA) is 107 Å². The Morgan fingerprint density at radius 1 is 1.28 bits per heavy atom. The number of rotatable bonds is 12. The van der Waals surface area contributed by atoms with Crippen molar-refractivity contribution >= 4 is 44.1 Å². The molecule has 0 atom stereocenters. The molecule has 0 radical (unpaired) electrons. The van der Waals surface area contributed by atoms with Crippen molar-refractivity contribution in [1.29, 1.82) is 0 Å². The summed E-state index contributed by atoms with van der Waals surface area (Å²) in [5.74, 6) is 0.451. The Bertz CT molecular complexity index is 1140. The second-order valence-corrected chi connectivity index (χ2v) is 9.24. The van der Waals surface area contributed by atoms with E-state index in [0.29, 0.717) is 41.2 Å². The van der Waals surface area contributed by atoms with E-state index in [1.165, 1.54) is 13.2 Å². The zero-order chi connectivity index (χ0) is 23.1. The van der Waals surface area contributed by atoms with Gasteiger partial charge in [0.25, 0.3) is 0 Å². The number of benzene rings is 1. The summed E-state index contributed by atoms with van der Waals surface area (Å²) >= 11 is 5.54. The van der Waals surface area contributed by atoms with Gasteiger partial charge in [0.05, 0.1) is 12.0 Å². The monoisotopic (exact) mass is 482 g/mol. The fourth-order valence-corrected chi connectivity index (χ4v) is 4.48. The molecule has 0 unspecified atom stereocenters. The van der Waals surface area contributed by atoms with Crippen LogP contribution >= 0.6 is 11.6 Å². The first kappa shape index (κ1) is 24.3. The molecule has 0 aliphatic heterocycles. The van der Waals surface area contributed by atoms with Crippen LogP contribution in [0.1, 0.15) is 38.4 Å². The van der Waals surface area contributed by atoms with Gasteiger partial charge in [-0.3, -0.25) is 4.79 Å². The van der Waals surface area contributed by atoms with Gasteiger partial charge in [0, 0.05) is 29.7 Å². The lowest BCUT2D eigenvalue weighted by atomic mass is 10.2.